The summed E-state index contributed by atoms with van der Waals surface area (Å²) in [5, 5.41) is 21.2. The van der Waals surface area contributed by atoms with Crippen LogP contribution in [-0.4, -0.2) is 34.7 Å². The molecule has 2 heterocycles. The van der Waals surface area contributed by atoms with Gasteiger partial charge in [-0.2, -0.15) is 10.3 Å². The number of halogens is 1. The second-order valence-electron chi connectivity index (χ2n) is 3.60. The Labute approximate surface area is 99.4 Å². The van der Waals surface area contributed by atoms with E-state index in [1.54, 1.807) is 0 Å². The van der Waals surface area contributed by atoms with E-state index in [2.05, 4.69) is 53.4 Å². The Morgan fingerprint density at radius 1 is 1.33 bits per heavy atom. The lowest BCUT2D eigenvalue weighted by Crippen LogP contribution is -2.12. The van der Waals surface area contributed by atoms with Gasteiger partial charge >= 0.3 is 0 Å². The highest BCUT2D eigenvalue weighted by atomic mass is 127. The molecule has 1 unspecified atom stereocenters. The van der Waals surface area contributed by atoms with Crippen molar-refractivity contribution < 1.29 is 0 Å². The van der Waals surface area contributed by atoms with E-state index in [1.165, 1.54) is 17.7 Å². The van der Waals surface area contributed by atoms with Gasteiger partial charge in [0.25, 0.3) is 0 Å². The predicted molar refractivity (Wildman–Crippen MR) is 61.6 cm³/mol. The standard InChI is InChI=1S/C8H9IN6/c9-4-1-2-6-5(3-4)7(11-10-6)8-12-14-15-13-8/h4H,1-3H2,(H,10,11)(H,12,13,14,15). The fourth-order valence-electron chi connectivity index (χ4n) is 1.90. The van der Waals surface area contributed by atoms with Crippen molar-refractivity contribution in [2.45, 2.75) is 23.2 Å². The van der Waals surface area contributed by atoms with Gasteiger partial charge in [0.05, 0.1) is 0 Å². The topological polar surface area (TPSA) is 83.1 Å². The first-order valence-corrected chi connectivity index (χ1v) is 6.03. The minimum absolute atomic E-state index is 0.581. The molecule has 7 heteroatoms. The second kappa shape index (κ2) is 3.54. The third-order valence-corrected chi connectivity index (χ3v) is 3.71. The molecule has 2 aromatic rings. The Bertz CT molecular complexity index is 461. The van der Waals surface area contributed by atoms with E-state index < -0.39 is 0 Å². The molecule has 0 aliphatic heterocycles. The number of nitrogens with zero attached hydrogens (tertiary/aromatic N) is 4. The largest absolute Gasteiger partial charge is 0.282 e. The molecule has 0 radical (unpaired) electrons. The van der Waals surface area contributed by atoms with Crippen LogP contribution in [0.3, 0.4) is 0 Å². The Morgan fingerprint density at radius 2 is 2.27 bits per heavy atom. The molecular formula is C8H9IN6. The number of aromatic nitrogens is 6. The predicted octanol–water partition coefficient (Wildman–Crippen LogP) is 0.882. The molecule has 0 saturated heterocycles. The van der Waals surface area contributed by atoms with Gasteiger partial charge in [0, 0.05) is 15.2 Å². The van der Waals surface area contributed by atoms with Gasteiger partial charge < -0.3 is 0 Å². The zero-order valence-electron chi connectivity index (χ0n) is 7.87. The first-order chi connectivity index (χ1) is 7.34. The summed E-state index contributed by atoms with van der Waals surface area (Å²) in [6.07, 6.45) is 3.31. The summed E-state index contributed by atoms with van der Waals surface area (Å²) in [6, 6.07) is 0. The molecule has 2 N–H and O–H groups in total. The van der Waals surface area contributed by atoms with E-state index in [9.17, 15) is 0 Å². The fourth-order valence-corrected chi connectivity index (χ4v) is 2.65. The van der Waals surface area contributed by atoms with Gasteiger partial charge in [-0.05, 0) is 24.5 Å². The fraction of sp³-hybridized carbons (Fsp3) is 0.500. The molecule has 1 aliphatic rings. The van der Waals surface area contributed by atoms with Crippen molar-refractivity contribution in [2.24, 2.45) is 0 Å². The number of fused-ring (bicyclic) bond motifs is 1. The number of aromatic amines is 2. The summed E-state index contributed by atoms with van der Waals surface area (Å²) in [4.78, 5) is 0. The van der Waals surface area contributed by atoms with Crippen LogP contribution in [0.1, 0.15) is 17.7 Å². The Hall–Kier alpha value is -0.990. The molecule has 1 atom stereocenters. The van der Waals surface area contributed by atoms with Crippen LogP contribution >= 0.6 is 22.6 Å². The molecule has 2 aromatic heterocycles. The van der Waals surface area contributed by atoms with Crippen molar-refractivity contribution >= 4 is 22.6 Å². The number of hydrogen-bond acceptors (Lipinski definition) is 4. The molecule has 3 rings (SSSR count). The molecule has 0 fully saturated rings. The minimum Gasteiger partial charge on any atom is -0.282 e. The molecule has 0 aromatic carbocycles. The first-order valence-electron chi connectivity index (χ1n) is 4.78. The van der Waals surface area contributed by atoms with Crippen molar-refractivity contribution in [1.29, 1.82) is 0 Å². The van der Waals surface area contributed by atoms with Crippen LogP contribution in [0, 0.1) is 0 Å². The summed E-state index contributed by atoms with van der Waals surface area (Å²) < 4.78 is 0.679. The number of H-pyrrole nitrogens is 2. The summed E-state index contributed by atoms with van der Waals surface area (Å²) >= 11 is 2.48. The Balaban J connectivity index is 2.07. The van der Waals surface area contributed by atoms with Crippen molar-refractivity contribution in [2.75, 3.05) is 0 Å². The second-order valence-corrected chi connectivity index (χ2v) is 5.37. The van der Waals surface area contributed by atoms with Crippen LogP contribution in [0.2, 0.25) is 0 Å². The molecular weight excluding hydrogens is 307 g/mol. The summed E-state index contributed by atoms with van der Waals surface area (Å²) in [5.74, 6) is 0.581. The van der Waals surface area contributed by atoms with Gasteiger partial charge in [0.1, 0.15) is 5.69 Å². The average Bonchev–Trinajstić information content (AvgIpc) is 2.83. The molecule has 0 saturated carbocycles. The van der Waals surface area contributed by atoms with E-state index in [4.69, 9.17) is 0 Å². The summed E-state index contributed by atoms with van der Waals surface area (Å²) in [5.41, 5.74) is 3.32. The van der Waals surface area contributed by atoms with E-state index in [0.29, 0.717) is 9.75 Å². The number of alkyl halides is 1. The zero-order chi connectivity index (χ0) is 10.3. The van der Waals surface area contributed by atoms with Gasteiger partial charge in [0.2, 0.25) is 5.82 Å². The van der Waals surface area contributed by atoms with Crippen LogP contribution in [-0.2, 0) is 12.8 Å². The van der Waals surface area contributed by atoms with Gasteiger partial charge in [0.15, 0.2) is 0 Å². The van der Waals surface area contributed by atoms with E-state index in [0.717, 1.165) is 18.5 Å². The monoisotopic (exact) mass is 316 g/mol. The number of aryl methyl sites for hydroxylation is 1. The molecule has 0 amide bonds. The maximum atomic E-state index is 4.26. The normalized spacial score (nSPS) is 20.2. The van der Waals surface area contributed by atoms with E-state index in [1.807, 2.05) is 0 Å². The van der Waals surface area contributed by atoms with Crippen molar-refractivity contribution in [3.05, 3.63) is 11.3 Å². The molecule has 0 bridgehead atoms. The Morgan fingerprint density at radius 3 is 3.07 bits per heavy atom. The highest BCUT2D eigenvalue weighted by Gasteiger charge is 2.24. The minimum atomic E-state index is 0.581. The van der Waals surface area contributed by atoms with Crippen LogP contribution in [0.15, 0.2) is 0 Å². The summed E-state index contributed by atoms with van der Waals surface area (Å²) in [6.45, 7) is 0. The molecule has 6 nitrogen and oxygen atoms in total. The average molecular weight is 316 g/mol. The van der Waals surface area contributed by atoms with Gasteiger partial charge in [-0.25, -0.2) is 0 Å². The third-order valence-electron chi connectivity index (χ3n) is 2.64. The van der Waals surface area contributed by atoms with Crippen molar-refractivity contribution in [3.8, 4) is 11.5 Å². The van der Waals surface area contributed by atoms with Crippen LogP contribution in [0.5, 0.6) is 0 Å². The van der Waals surface area contributed by atoms with Crippen molar-refractivity contribution in [1.82, 2.24) is 30.8 Å². The van der Waals surface area contributed by atoms with Crippen LogP contribution in [0.25, 0.3) is 11.5 Å². The van der Waals surface area contributed by atoms with E-state index >= 15 is 0 Å². The molecule has 15 heavy (non-hydrogen) atoms. The van der Waals surface area contributed by atoms with E-state index in [-0.39, 0.29) is 0 Å². The molecule has 1 aliphatic carbocycles. The number of nitrogens with one attached hydrogen (secondary N) is 2. The summed E-state index contributed by atoms with van der Waals surface area (Å²) in [7, 11) is 0. The SMILES string of the molecule is IC1CCc2[nH]nc(-c3nn[nH]n3)c2C1. The van der Waals surface area contributed by atoms with Gasteiger partial charge in [-0.15, -0.1) is 10.2 Å². The Kier molecular flexibility index (Phi) is 2.19. The lowest BCUT2D eigenvalue weighted by Gasteiger charge is -2.16. The lowest BCUT2D eigenvalue weighted by molar-refractivity contribution is 0.709. The van der Waals surface area contributed by atoms with Crippen LogP contribution in [0.4, 0.5) is 0 Å². The third kappa shape index (κ3) is 1.54. The highest BCUT2D eigenvalue weighted by Crippen LogP contribution is 2.30. The molecule has 0 spiro atoms. The maximum absolute atomic E-state index is 4.26. The van der Waals surface area contributed by atoms with Gasteiger partial charge in [-0.3, -0.25) is 5.10 Å². The number of hydrogen-bond donors (Lipinski definition) is 2. The quantitative estimate of drug-likeness (QED) is 0.604. The van der Waals surface area contributed by atoms with Crippen molar-refractivity contribution in [3.63, 3.8) is 0 Å². The van der Waals surface area contributed by atoms with Gasteiger partial charge in [-0.1, -0.05) is 22.6 Å². The number of rotatable bonds is 1. The maximum Gasteiger partial charge on any atom is 0.225 e. The van der Waals surface area contributed by atoms with Crippen LogP contribution < -0.4 is 0 Å². The zero-order valence-corrected chi connectivity index (χ0v) is 10.0. The highest BCUT2D eigenvalue weighted by molar-refractivity contribution is 14.1. The first kappa shape index (κ1) is 9.25. The molecule has 78 valence electrons. The number of tetrazole rings is 1. The lowest BCUT2D eigenvalue weighted by atomic mass is 9.96. The smallest absolute Gasteiger partial charge is 0.225 e.